The summed E-state index contributed by atoms with van der Waals surface area (Å²) in [5, 5.41) is 5.70. The van der Waals surface area contributed by atoms with Gasteiger partial charge in [0.2, 0.25) is 11.8 Å². The van der Waals surface area contributed by atoms with Gasteiger partial charge in [-0.2, -0.15) is 0 Å². The maximum absolute atomic E-state index is 14.9. The zero-order valence-corrected chi connectivity index (χ0v) is 34.1. The SMILES string of the molecule is CCCCCCN(C(=O)[C@@H](NC(=O)[C@H]1CCCCN1C)[C@@H](C)CC)[C@H](C[C@@H](O[Si](C)(C)C(C)(C)C)c1nc(C(=O)OCC)cs1)C(C)C. The van der Waals surface area contributed by atoms with Gasteiger partial charge in [0.25, 0.3) is 0 Å². The van der Waals surface area contributed by atoms with Crippen molar-refractivity contribution in [3.8, 4) is 0 Å². The van der Waals surface area contributed by atoms with E-state index in [0.29, 0.717) is 18.7 Å². The molecule has 1 fully saturated rings. The largest absolute Gasteiger partial charge is 0.461 e. The number of unbranched alkanes of at least 4 members (excludes halogenated alkanes) is 3. The summed E-state index contributed by atoms with van der Waals surface area (Å²) in [6.07, 6.45) is 8.01. The Morgan fingerprint density at radius 1 is 1.10 bits per heavy atom. The van der Waals surface area contributed by atoms with Gasteiger partial charge in [0.05, 0.1) is 18.8 Å². The van der Waals surface area contributed by atoms with Gasteiger partial charge >= 0.3 is 5.97 Å². The number of rotatable bonds is 19. The Morgan fingerprint density at radius 2 is 1.79 bits per heavy atom. The van der Waals surface area contributed by atoms with Crippen molar-refractivity contribution in [3.05, 3.63) is 16.1 Å². The number of carbonyl (C=O) groups excluding carboxylic acids is 3. The van der Waals surface area contributed by atoms with Crippen molar-refractivity contribution in [3.63, 3.8) is 0 Å². The lowest BCUT2D eigenvalue weighted by Gasteiger charge is -2.43. The number of hydrogen-bond donors (Lipinski definition) is 1. The molecular weight excluding hydrogens is 641 g/mol. The normalized spacial score (nSPS) is 18.6. The lowest BCUT2D eigenvalue weighted by molar-refractivity contribution is -0.142. The molecule has 0 spiro atoms. The molecule has 2 heterocycles. The first-order chi connectivity index (χ1) is 22.5. The predicted octanol–water partition coefficient (Wildman–Crippen LogP) is 8.22. The number of aromatic nitrogens is 1. The maximum atomic E-state index is 14.9. The fraction of sp³-hybridized carbons (Fsp3) is 0.838. The Hall–Kier alpha value is -1.82. The fourth-order valence-electron chi connectivity index (χ4n) is 6.11. The molecule has 2 amide bonds. The molecule has 1 aromatic heterocycles. The fourth-order valence-corrected chi connectivity index (χ4v) is 8.30. The van der Waals surface area contributed by atoms with Crippen LogP contribution >= 0.6 is 11.3 Å². The van der Waals surface area contributed by atoms with Crippen LogP contribution in [0.2, 0.25) is 18.1 Å². The van der Waals surface area contributed by atoms with E-state index in [9.17, 15) is 14.4 Å². The summed E-state index contributed by atoms with van der Waals surface area (Å²) in [5.41, 5.74) is 0.293. The van der Waals surface area contributed by atoms with Gasteiger partial charge in [-0.15, -0.1) is 11.3 Å². The van der Waals surface area contributed by atoms with Crippen molar-refractivity contribution in [1.82, 2.24) is 20.1 Å². The van der Waals surface area contributed by atoms with Crippen LogP contribution in [-0.4, -0.2) is 85.8 Å². The molecule has 1 aliphatic heterocycles. The molecule has 1 N–H and O–H groups in total. The third kappa shape index (κ3) is 11.9. The van der Waals surface area contributed by atoms with Crippen molar-refractivity contribution < 1.29 is 23.5 Å². The Labute approximate surface area is 297 Å². The van der Waals surface area contributed by atoms with E-state index >= 15 is 0 Å². The quantitative estimate of drug-likeness (QED) is 0.0878. The van der Waals surface area contributed by atoms with Gasteiger partial charge in [0.15, 0.2) is 14.0 Å². The number of esters is 1. The van der Waals surface area contributed by atoms with Crippen LogP contribution < -0.4 is 5.32 Å². The minimum Gasteiger partial charge on any atom is -0.461 e. The smallest absolute Gasteiger partial charge is 0.357 e. The van der Waals surface area contributed by atoms with Crippen molar-refractivity contribution in [2.75, 3.05) is 26.7 Å². The minimum atomic E-state index is -2.29. The van der Waals surface area contributed by atoms with Crippen LogP contribution in [0.3, 0.4) is 0 Å². The molecule has 1 aromatic rings. The van der Waals surface area contributed by atoms with Crippen molar-refractivity contribution in [2.24, 2.45) is 11.8 Å². The van der Waals surface area contributed by atoms with Crippen molar-refractivity contribution >= 4 is 37.4 Å². The number of carbonyl (C=O) groups is 3. The molecule has 48 heavy (non-hydrogen) atoms. The van der Waals surface area contributed by atoms with Crippen LogP contribution in [0, 0.1) is 11.8 Å². The maximum Gasteiger partial charge on any atom is 0.357 e. The molecule has 0 saturated carbocycles. The first-order valence-corrected chi connectivity index (χ1v) is 22.4. The molecule has 0 radical (unpaired) electrons. The Bertz CT molecular complexity index is 1150. The summed E-state index contributed by atoms with van der Waals surface area (Å²) in [6.45, 7) is 25.4. The highest BCUT2D eigenvalue weighted by Crippen LogP contribution is 2.42. The summed E-state index contributed by atoms with van der Waals surface area (Å²) < 4.78 is 12.4. The van der Waals surface area contributed by atoms with Gasteiger partial charge in [-0.1, -0.05) is 87.5 Å². The number of amides is 2. The number of ether oxygens (including phenoxy) is 1. The van der Waals surface area contributed by atoms with E-state index in [4.69, 9.17) is 14.1 Å². The summed E-state index contributed by atoms with van der Waals surface area (Å²) in [4.78, 5) is 50.1. The van der Waals surface area contributed by atoms with Gasteiger partial charge < -0.3 is 19.4 Å². The first-order valence-electron chi connectivity index (χ1n) is 18.6. The number of likely N-dealkylation sites (tertiary alicyclic amines) is 1. The molecular formula is C37H68N4O5SSi. The Balaban J connectivity index is 2.56. The van der Waals surface area contributed by atoms with E-state index in [1.165, 1.54) is 11.3 Å². The lowest BCUT2D eigenvalue weighted by Crippen LogP contribution is -2.59. The van der Waals surface area contributed by atoms with Gasteiger partial charge in [0, 0.05) is 18.0 Å². The Kier molecular flexibility index (Phi) is 17.2. The first kappa shape index (κ1) is 42.3. The monoisotopic (exact) mass is 708 g/mol. The van der Waals surface area contributed by atoms with E-state index in [-0.39, 0.29) is 47.4 Å². The van der Waals surface area contributed by atoms with Gasteiger partial charge in [-0.25, -0.2) is 9.78 Å². The highest BCUT2D eigenvalue weighted by atomic mass is 32.1. The molecule has 1 saturated heterocycles. The minimum absolute atomic E-state index is 0.0104. The van der Waals surface area contributed by atoms with E-state index in [2.05, 4.69) is 83.6 Å². The molecule has 276 valence electrons. The zero-order chi connectivity index (χ0) is 36.2. The van der Waals surface area contributed by atoms with Crippen LogP contribution in [0.5, 0.6) is 0 Å². The Morgan fingerprint density at radius 3 is 2.35 bits per heavy atom. The molecule has 11 heteroatoms. The number of hydrogen-bond acceptors (Lipinski definition) is 8. The second-order valence-electron chi connectivity index (χ2n) is 15.7. The topological polar surface area (TPSA) is 101 Å². The van der Waals surface area contributed by atoms with Crippen LogP contribution in [0.1, 0.15) is 142 Å². The zero-order valence-electron chi connectivity index (χ0n) is 32.3. The van der Waals surface area contributed by atoms with E-state index < -0.39 is 26.4 Å². The highest BCUT2D eigenvalue weighted by molar-refractivity contribution is 7.09. The van der Waals surface area contributed by atoms with Gasteiger partial charge in [-0.05, 0) is 76.2 Å². The average molecular weight is 709 g/mol. The number of piperidine rings is 1. The number of thiazole rings is 1. The van der Waals surface area contributed by atoms with E-state index in [1.807, 2.05) is 7.05 Å². The molecule has 5 atom stereocenters. The molecule has 2 rings (SSSR count). The highest BCUT2D eigenvalue weighted by Gasteiger charge is 2.43. The number of likely N-dealkylation sites (N-methyl/N-ethyl adjacent to an activating group) is 1. The third-order valence-electron chi connectivity index (χ3n) is 10.5. The summed E-state index contributed by atoms with van der Waals surface area (Å²) in [6, 6.07) is -0.984. The van der Waals surface area contributed by atoms with E-state index in [1.54, 1.807) is 12.3 Å². The van der Waals surface area contributed by atoms with Crippen molar-refractivity contribution in [2.45, 2.75) is 162 Å². The summed E-state index contributed by atoms with van der Waals surface area (Å²) in [5.74, 6) is -0.394. The van der Waals surface area contributed by atoms with Gasteiger partial charge in [-0.3, -0.25) is 14.5 Å². The number of nitrogens with one attached hydrogen (secondary N) is 1. The summed E-state index contributed by atoms with van der Waals surface area (Å²) >= 11 is 1.42. The van der Waals surface area contributed by atoms with Crippen molar-refractivity contribution in [1.29, 1.82) is 0 Å². The molecule has 0 bridgehead atoms. The molecule has 0 aromatic carbocycles. The molecule has 0 unspecified atom stereocenters. The summed E-state index contributed by atoms with van der Waals surface area (Å²) in [7, 11) is -0.285. The average Bonchev–Trinajstić information content (AvgIpc) is 3.52. The molecule has 1 aliphatic rings. The standard InChI is InChI=1S/C37H68N4O5SSi/c1-13-16-17-19-23-41(35(43)32(27(6)14-2)39-33(42)29-21-18-20-22-40(29)10)30(26(4)5)24-31(46-48(11,12)37(7,8)9)34-38-28(25-47-34)36(44)45-15-3/h25-27,29-32H,13-24H2,1-12H3,(H,39,42)/t27-,29+,30+,31+,32-/m0/s1. The van der Waals surface area contributed by atoms with Crippen LogP contribution in [-0.2, 0) is 18.8 Å². The molecule has 9 nitrogen and oxygen atoms in total. The number of nitrogens with zero attached hydrogens (tertiary/aromatic N) is 3. The second kappa shape index (κ2) is 19.5. The van der Waals surface area contributed by atoms with Crippen LogP contribution in [0.4, 0.5) is 0 Å². The third-order valence-corrected chi connectivity index (χ3v) is 16.0. The van der Waals surface area contributed by atoms with Gasteiger partial charge in [0.1, 0.15) is 11.0 Å². The van der Waals surface area contributed by atoms with E-state index in [0.717, 1.165) is 62.9 Å². The second-order valence-corrected chi connectivity index (χ2v) is 21.3. The lowest BCUT2D eigenvalue weighted by atomic mass is 9.91. The van der Waals surface area contributed by atoms with Crippen LogP contribution in [0.25, 0.3) is 0 Å². The molecule has 0 aliphatic carbocycles. The van der Waals surface area contributed by atoms with Crippen LogP contribution in [0.15, 0.2) is 5.38 Å². The predicted molar refractivity (Wildman–Crippen MR) is 200 cm³/mol.